The summed E-state index contributed by atoms with van der Waals surface area (Å²) in [7, 11) is 1.89. The van der Waals surface area contributed by atoms with Gasteiger partial charge in [-0.2, -0.15) is 0 Å². The van der Waals surface area contributed by atoms with Crippen LogP contribution in [-0.4, -0.2) is 59.1 Å². The maximum Gasteiger partial charge on any atom is 0.246 e. The molecule has 7 rings (SSSR count). The lowest BCUT2D eigenvalue weighted by atomic mass is 9.51. The number of amides is 1. The molecule has 1 N–H and O–H groups in total. The first-order valence-electron chi connectivity index (χ1n) is 13.8. The second-order valence-corrected chi connectivity index (χ2v) is 11.4. The molecule has 0 unspecified atom stereocenters. The SMILES string of the molecule is CN(C(=O)/C=C/c1ccoc1)[C@H]1CC[C@H]2[C@H]3Cc4ccc(O)c5c4[C@@]2(CCN3CCc2ccccc2)[C@H]1O5. The predicted molar refractivity (Wildman–Crippen MR) is 145 cm³/mol. The summed E-state index contributed by atoms with van der Waals surface area (Å²) in [5.74, 6) is 1.30. The molecule has 2 aliphatic heterocycles. The topological polar surface area (TPSA) is 66.2 Å². The summed E-state index contributed by atoms with van der Waals surface area (Å²) in [5, 5.41) is 10.9. The van der Waals surface area contributed by atoms with E-state index in [1.807, 2.05) is 18.0 Å². The molecule has 4 aliphatic rings. The zero-order valence-corrected chi connectivity index (χ0v) is 21.8. The van der Waals surface area contributed by atoms with Crippen molar-refractivity contribution in [2.75, 3.05) is 20.1 Å². The molecule has 1 saturated carbocycles. The number of hydrogen-bond donors (Lipinski definition) is 1. The van der Waals surface area contributed by atoms with Crippen LogP contribution in [0.2, 0.25) is 0 Å². The number of ether oxygens (including phenoxy) is 1. The summed E-state index contributed by atoms with van der Waals surface area (Å²) < 4.78 is 11.8. The van der Waals surface area contributed by atoms with E-state index in [1.165, 1.54) is 16.7 Å². The van der Waals surface area contributed by atoms with Gasteiger partial charge in [0.25, 0.3) is 0 Å². The quantitative estimate of drug-likeness (QED) is 0.483. The van der Waals surface area contributed by atoms with Gasteiger partial charge in [0, 0.05) is 42.3 Å². The zero-order chi connectivity index (χ0) is 25.9. The maximum absolute atomic E-state index is 13.3. The van der Waals surface area contributed by atoms with Gasteiger partial charge in [-0.3, -0.25) is 9.69 Å². The van der Waals surface area contributed by atoms with Crippen LogP contribution in [0.5, 0.6) is 11.5 Å². The summed E-state index contributed by atoms with van der Waals surface area (Å²) in [6, 6.07) is 16.9. The molecule has 1 aromatic heterocycles. The number of phenolic OH excluding ortho intramolecular Hbond substituents is 1. The Morgan fingerprint density at radius 3 is 2.87 bits per heavy atom. The molecule has 1 amide bonds. The first-order chi connectivity index (χ1) is 18.6. The molecule has 1 spiro atoms. The predicted octanol–water partition coefficient (Wildman–Crippen LogP) is 4.81. The Morgan fingerprint density at radius 2 is 2.05 bits per heavy atom. The van der Waals surface area contributed by atoms with E-state index in [0.717, 1.165) is 50.8 Å². The summed E-state index contributed by atoms with van der Waals surface area (Å²) in [6.07, 6.45) is 11.5. The Bertz CT molecular complexity index is 1370. The number of likely N-dealkylation sites (tertiary alicyclic amines) is 1. The summed E-state index contributed by atoms with van der Waals surface area (Å²) >= 11 is 0. The van der Waals surface area contributed by atoms with Gasteiger partial charge in [-0.25, -0.2) is 0 Å². The zero-order valence-electron chi connectivity index (χ0n) is 21.8. The fourth-order valence-electron chi connectivity index (χ4n) is 8.01. The number of benzene rings is 2. The first-order valence-corrected chi connectivity index (χ1v) is 13.8. The van der Waals surface area contributed by atoms with Gasteiger partial charge in [0.2, 0.25) is 5.91 Å². The fourth-order valence-corrected chi connectivity index (χ4v) is 8.01. The number of likely N-dealkylation sites (N-methyl/N-ethyl adjacent to an activating group) is 1. The molecule has 3 heterocycles. The molecule has 2 aromatic carbocycles. The number of carbonyl (C=O) groups excluding carboxylic acids is 1. The molecule has 5 atom stereocenters. The minimum Gasteiger partial charge on any atom is -0.504 e. The van der Waals surface area contributed by atoms with E-state index in [2.05, 4.69) is 41.3 Å². The molecular formula is C32H34N2O4. The third-order valence-electron chi connectivity index (χ3n) is 9.74. The summed E-state index contributed by atoms with van der Waals surface area (Å²) in [4.78, 5) is 17.8. The van der Waals surface area contributed by atoms with Crippen LogP contribution in [0.15, 0.2) is 71.6 Å². The van der Waals surface area contributed by atoms with E-state index < -0.39 is 0 Å². The lowest BCUT2D eigenvalue weighted by Gasteiger charge is -2.60. The third kappa shape index (κ3) is 3.53. The summed E-state index contributed by atoms with van der Waals surface area (Å²) in [6.45, 7) is 2.06. The average molecular weight is 511 g/mol. The fraction of sp³-hybridized carbons (Fsp3) is 0.406. The van der Waals surface area contributed by atoms with Gasteiger partial charge in [0.1, 0.15) is 6.10 Å². The highest BCUT2D eigenvalue weighted by Gasteiger charge is 2.66. The van der Waals surface area contributed by atoms with E-state index in [-0.39, 0.29) is 29.2 Å². The van der Waals surface area contributed by atoms with Crippen LogP contribution < -0.4 is 4.74 Å². The number of furan rings is 1. The Kier molecular flexibility index (Phi) is 5.62. The first kappa shape index (κ1) is 23.6. The molecule has 0 radical (unpaired) electrons. The maximum atomic E-state index is 13.3. The molecule has 2 fully saturated rings. The molecule has 6 heteroatoms. The highest BCUT2D eigenvalue weighted by Crippen LogP contribution is 2.64. The third-order valence-corrected chi connectivity index (χ3v) is 9.74. The highest BCUT2D eigenvalue weighted by molar-refractivity contribution is 5.91. The molecule has 6 nitrogen and oxygen atoms in total. The number of piperidine rings is 1. The monoisotopic (exact) mass is 510 g/mol. The van der Waals surface area contributed by atoms with Gasteiger partial charge >= 0.3 is 0 Å². The van der Waals surface area contributed by atoms with Crippen molar-refractivity contribution in [1.29, 1.82) is 0 Å². The second kappa shape index (κ2) is 9.05. The average Bonchev–Trinajstić information content (AvgIpc) is 3.58. The van der Waals surface area contributed by atoms with E-state index in [0.29, 0.717) is 17.7 Å². The number of aromatic hydroxyl groups is 1. The van der Waals surface area contributed by atoms with Crippen molar-refractivity contribution in [2.45, 2.75) is 55.7 Å². The second-order valence-electron chi connectivity index (χ2n) is 11.4. The van der Waals surface area contributed by atoms with Crippen molar-refractivity contribution in [1.82, 2.24) is 9.80 Å². The van der Waals surface area contributed by atoms with Gasteiger partial charge in [-0.1, -0.05) is 36.4 Å². The number of nitrogens with zero attached hydrogens (tertiary/aromatic N) is 2. The number of carbonyl (C=O) groups is 1. The molecule has 1 saturated heterocycles. The van der Waals surface area contributed by atoms with Gasteiger partial charge < -0.3 is 19.2 Å². The van der Waals surface area contributed by atoms with Crippen molar-refractivity contribution >= 4 is 12.0 Å². The standard InChI is InChI=1S/C32H34N2O4/c1-33(28(36)12-7-22-14-18-37-20-22)25-10-9-24-26-19-23-8-11-27(35)30-29(23)32(24,31(25)38-30)15-17-34(26)16-13-21-5-3-2-4-6-21/h2-8,11-12,14,18,20,24-26,31,35H,9-10,13,15-17,19H2,1H3/b12-7+/t24-,25-,26+,31-,32-/m0/s1. The minimum atomic E-state index is -0.165. The molecule has 2 bridgehead atoms. The lowest BCUT2D eigenvalue weighted by molar-refractivity contribution is -0.135. The normalized spacial score (nSPS) is 29.2. The van der Waals surface area contributed by atoms with Crippen LogP contribution in [0.4, 0.5) is 0 Å². The van der Waals surface area contributed by atoms with Crippen LogP contribution in [0.3, 0.4) is 0 Å². The molecule has 3 aromatic rings. The van der Waals surface area contributed by atoms with Gasteiger partial charge in [0.05, 0.1) is 18.6 Å². The number of hydrogen-bond acceptors (Lipinski definition) is 5. The van der Waals surface area contributed by atoms with Gasteiger partial charge in [-0.05, 0) is 73.9 Å². The molecule has 38 heavy (non-hydrogen) atoms. The van der Waals surface area contributed by atoms with E-state index >= 15 is 0 Å². The van der Waals surface area contributed by atoms with Crippen LogP contribution in [0.1, 0.15) is 41.5 Å². The van der Waals surface area contributed by atoms with Crippen molar-refractivity contribution in [3.63, 3.8) is 0 Å². The van der Waals surface area contributed by atoms with Crippen molar-refractivity contribution in [3.05, 3.63) is 89.4 Å². The largest absolute Gasteiger partial charge is 0.504 e. The van der Waals surface area contributed by atoms with E-state index in [9.17, 15) is 9.90 Å². The highest BCUT2D eigenvalue weighted by atomic mass is 16.5. The Balaban J connectivity index is 1.20. The minimum absolute atomic E-state index is 0.0392. The lowest BCUT2D eigenvalue weighted by Crippen LogP contribution is -2.69. The summed E-state index contributed by atoms with van der Waals surface area (Å²) in [5.41, 5.74) is 4.62. The van der Waals surface area contributed by atoms with Crippen LogP contribution in [0, 0.1) is 5.92 Å². The number of phenols is 1. The van der Waals surface area contributed by atoms with Crippen molar-refractivity contribution in [2.24, 2.45) is 5.92 Å². The Morgan fingerprint density at radius 1 is 1.18 bits per heavy atom. The van der Waals surface area contributed by atoms with E-state index in [1.54, 1.807) is 30.7 Å². The molecular weight excluding hydrogens is 476 g/mol. The Labute approximate surface area is 223 Å². The van der Waals surface area contributed by atoms with Crippen molar-refractivity contribution in [3.8, 4) is 11.5 Å². The smallest absolute Gasteiger partial charge is 0.246 e. The van der Waals surface area contributed by atoms with Crippen LogP contribution >= 0.6 is 0 Å². The van der Waals surface area contributed by atoms with Gasteiger partial charge in [-0.15, -0.1) is 0 Å². The van der Waals surface area contributed by atoms with Crippen molar-refractivity contribution < 1.29 is 19.1 Å². The molecule has 2 aliphatic carbocycles. The van der Waals surface area contributed by atoms with E-state index in [4.69, 9.17) is 9.15 Å². The van der Waals surface area contributed by atoms with Crippen LogP contribution in [-0.2, 0) is 23.1 Å². The van der Waals surface area contributed by atoms with Crippen LogP contribution in [0.25, 0.3) is 6.08 Å². The Hall–Kier alpha value is -3.51. The molecule has 196 valence electrons. The van der Waals surface area contributed by atoms with Gasteiger partial charge in [0.15, 0.2) is 11.5 Å². The number of rotatable bonds is 6.